The number of para-hydroxylation sites is 2. The summed E-state index contributed by atoms with van der Waals surface area (Å²) in [7, 11) is 0. The maximum Gasteiger partial charge on any atom is 0.311 e. The lowest BCUT2D eigenvalue weighted by molar-refractivity contribution is -0.386. The molecule has 2 N–H and O–H groups in total. The Kier molecular flexibility index (Phi) is 7.07. The van der Waals surface area contributed by atoms with Gasteiger partial charge in [-0.3, -0.25) is 19.7 Å². The highest BCUT2D eigenvalue weighted by molar-refractivity contribution is 5.92. The lowest BCUT2D eigenvalue weighted by atomic mass is 9.76. The molecule has 0 bridgehead atoms. The summed E-state index contributed by atoms with van der Waals surface area (Å²) in [4.78, 5) is 37.6. The molecule has 9 heteroatoms. The quantitative estimate of drug-likeness (QED) is 0.230. The van der Waals surface area contributed by atoms with Gasteiger partial charge in [-0.15, -0.1) is 0 Å². The van der Waals surface area contributed by atoms with Gasteiger partial charge in [0.25, 0.3) is 0 Å². The van der Waals surface area contributed by atoms with Gasteiger partial charge in [0.1, 0.15) is 0 Å². The van der Waals surface area contributed by atoms with Crippen molar-refractivity contribution in [1.82, 2.24) is 10.6 Å². The van der Waals surface area contributed by atoms with Crippen molar-refractivity contribution in [3.05, 3.63) is 81.9 Å². The number of nitro benzene ring substituents is 1. The second-order valence-electron chi connectivity index (χ2n) is 9.87. The van der Waals surface area contributed by atoms with Gasteiger partial charge in [-0.05, 0) is 51.0 Å². The van der Waals surface area contributed by atoms with E-state index in [9.17, 15) is 19.7 Å². The van der Waals surface area contributed by atoms with Crippen LogP contribution in [0.25, 0.3) is 6.08 Å². The number of fused-ring (bicyclic) bond motifs is 2. The number of nitrogens with one attached hydrogen (secondary N) is 2. The van der Waals surface area contributed by atoms with Crippen LogP contribution in [0.15, 0.2) is 60.7 Å². The van der Waals surface area contributed by atoms with Gasteiger partial charge in [-0.25, -0.2) is 0 Å². The fourth-order valence-corrected chi connectivity index (χ4v) is 5.01. The zero-order chi connectivity index (χ0) is 26.8. The summed E-state index contributed by atoms with van der Waals surface area (Å²) in [5.41, 5.74) is 1.33. The summed E-state index contributed by atoms with van der Waals surface area (Å²) in [5.74, 6) is -0.105. The molecule has 2 aromatic rings. The summed E-state index contributed by atoms with van der Waals surface area (Å²) >= 11 is 0. The molecule has 0 saturated carbocycles. The molecule has 0 aliphatic carbocycles. The van der Waals surface area contributed by atoms with E-state index in [4.69, 9.17) is 4.74 Å². The average molecular weight is 505 g/mol. The normalized spacial score (nSPS) is 18.5. The van der Waals surface area contributed by atoms with Crippen LogP contribution < -0.4 is 20.3 Å². The zero-order valence-corrected chi connectivity index (χ0v) is 21.4. The highest BCUT2D eigenvalue weighted by Crippen LogP contribution is 2.55. The van der Waals surface area contributed by atoms with E-state index in [1.807, 2.05) is 41.3 Å². The van der Waals surface area contributed by atoms with Crippen molar-refractivity contribution in [3.63, 3.8) is 0 Å². The monoisotopic (exact) mass is 504 g/mol. The second kappa shape index (κ2) is 10.1. The third-order valence-electron chi connectivity index (χ3n) is 7.04. The van der Waals surface area contributed by atoms with Crippen LogP contribution in [0.2, 0.25) is 0 Å². The van der Waals surface area contributed by atoms with E-state index >= 15 is 0 Å². The van der Waals surface area contributed by atoms with Crippen LogP contribution in [0.3, 0.4) is 0 Å². The molecule has 194 valence electrons. The average Bonchev–Trinajstić information content (AvgIpc) is 3.04. The van der Waals surface area contributed by atoms with Gasteiger partial charge >= 0.3 is 5.69 Å². The van der Waals surface area contributed by atoms with Crippen molar-refractivity contribution in [2.75, 3.05) is 24.5 Å². The fraction of sp³-hybridized carbons (Fsp3) is 0.357. The molecule has 1 unspecified atom stereocenters. The number of hydrogen-bond donors (Lipinski definition) is 2. The number of rotatable bonds is 9. The van der Waals surface area contributed by atoms with Gasteiger partial charge < -0.3 is 20.3 Å². The smallest absolute Gasteiger partial charge is 0.311 e. The van der Waals surface area contributed by atoms with Crippen LogP contribution in [0.5, 0.6) is 5.75 Å². The number of benzene rings is 2. The molecule has 0 aromatic heterocycles. The molecule has 0 radical (unpaired) electrons. The molecular formula is C28H32N4O5. The Balaban J connectivity index is 1.52. The first-order valence-electron chi connectivity index (χ1n) is 12.3. The number of carbonyl (C=O) groups excluding carboxylic acids is 2. The topological polar surface area (TPSA) is 114 Å². The van der Waals surface area contributed by atoms with E-state index in [1.165, 1.54) is 6.07 Å². The number of ether oxygens (including phenoxy) is 1. The van der Waals surface area contributed by atoms with Crippen molar-refractivity contribution in [1.29, 1.82) is 0 Å². The third-order valence-corrected chi connectivity index (χ3v) is 7.04. The minimum atomic E-state index is -1.05. The highest BCUT2D eigenvalue weighted by Gasteiger charge is 2.59. The molecule has 2 amide bonds. The Labute approximate surface area is 216 Å². The number of anilines is 1. The number of amides is 2. The Hall–Kier alpha value is -4.14. The summed E-state index contributed by atoms with van der Waals surface area (Å²) in [6, 6.07) is 12.8. The van der Waals surface area contributed by atoms with E-state index in [-0.39, 0.29) is 29.7 Å². The lowest BCUT2D eigenvalue weighted by Crippen LogP contribution is -2.60. The van der Waals surface area contributed by atoms with Crippen LogP contribution in [-0.2, 0) is 15.0 Å². The summed E-state index contributed by atoms with van der Waals surface area (Å²) in [6.07, 6.45) is 4.61. The maximum absolute atomic E-state index is 12.7. The Morgan fingerprint density at radius 1 is 1.11 bits per heavy atom. The van der Waals surface area contributed by atoms with Gasteiger partial charge in [0.15, 0.2) is 0 Å². The summed E-state index contributed by atoms with van der Waals surface area (Å²) in [6.45, 7) is 10.6. The Morgan fingerprint density at radius 2 is 1.84 bits per heavy atom. The molecule has 1 spiro atoms. The Bertz CT molecular complexity index is 1290. The number of hydrogen-bond acceptors (Lipinski definition) is 6. The van der Waals surface area contributed by atoms with Crippen LogP contribution in [0, 0.1) is 10.1 Å². The van der Waals surface area contributed by atoms with Gasteiger partial charge in [0.05, 0.1) is 10.3 Å². The number of carbonyl (C=O) groups is 2. The minimum absolute atomic E-state index is 0.0931. The van der Waals surface area contributed by atoms with Crippen LogP contribution in [-0.4, -0.2) is 42.1 Å². The van der Waals surface area contributed by atoms with E-state index < -0.39 is 16.1 Å². The predicted octanol–water partition coefficient (Wildman–Crippen LogP) is 4.08. The standard InChI is InChI=1S/C28H32N4O5/c1-19(2)26(34)30-17-8-16-29-24(33)14-18-31-22-11-6-5-10-21(22)27(3,4)28(31)15-13-20-9-7-12-23(32(35)36)25(20)37-28/h5-7,9-13,15H,1,8,14,16-18H2,2-4H3,(H,29,33)(H,30,34). The molecule has 2 aliphatic rings. The van der Waals surface area contributed by atoms with Crippen LogP contribution in [0.1, 0.15) is 44.7 Å². The van der Waals surface area contributed by atoms with Crippen molar-refractivity contribution in [3.8, 4) is 5.75 Å². The van der Waals surface area contributed by atoms with Crippen molar-refractivity contribution >= 4 is 29.3 Å². The largest absolute Gasteiger partial charge is 0.456 e. The van der Waals surface area contributed by atoms with E-state index in [2.05, 4.69) is 31.1 Å². The second-order valence-corrected chi connectivity index (χ2v) is 9.87. The molecule has 2 aromatic carbocycles. The lowest BCUT2D eigenvalue weighted by Gasteiger charge is -2.46. The molecule has 2 aliphatic heterocycles. The zero-order valence-electron chi connectivity index (χ0n) is 21.4. The first-order chi connectivity index (χ1) is 17.6. The van der Waals surface area contributed by atoms with E-state index in [0.717, 1.165) is 11.3 Å². The number of nitro groups is 1. The first-order valence-corrected chi connectivity index (χ1v) is 12.3. The highest BCUT2D eigenvalue weighted by atomic mass is 16.6. The maximum atomic E-state index is 12.7. The Morgan fingerprint density at radius 3 is 2.57 bits per heavy atom. The molecule has 0 saturated heterocycles. The summed E-state index contributed by atoms with van der Waals surface area (Å²) < 4.78 is 6.59. The molecule has 1 atom stereocenters. The van der Waals surface area contributed by atoms with Crippen molar-refractivity contribution in [2.24, 2.45) is 0 Å². The third kappa shape index (κ3) is 4.69. The van der Waals surface area contributed by atoms with Gasteiger partial charge in [0.2, 0.25) is 23.3 Å². The van der Waals surface area contributed by atoms with Crippen LogP contribution in [0.4, 0.5) is 11.4 Å². The first kappa shape index (κ1) is 25.9. The molecule has 0 fully saturated rings. The van der Waals surface area contributed by atoms with E-state index in [0.29, 0.717) is 37.2 Å². The van der Waals surface area contributed by atoms with Gasteiger partial charge in [-0.1, -0.05) is 36.9 Å². The fourth-order valence-electron chi connectivity index (χ4n) is 5.01. The summed E-state index contributed by atoms with van der Waals surface area (Å²) in [5, 5.41) is 17.4. The number of nitrogens with zero attached hydrogens (tertiary/aromatic N) is 2. The SMILES string of the molecule is C=C(C)C(=O)NCCCNC(=O)CCN1c2ccccc2C(C)(C)C12C=Cc1cccc([N+](=O)[O-])c1O2. The van der Waals surface area contributed by atoms with E-state index in [1.54, 1.807) is 19.1 Å². The van der Waals surface area contributed by atoms with Crippen molar-refractivity contribution in [2.45, 2.75) is 44.8 Å². The van der Waals surface area contributed by atoms with Gasteiger partial charge in [-0.2, -0.15) is 0 Å². The predicted molar refractivity (Wildman–Crippen MR) is 142 cm³/mol. The molecule has 9 nitrogen and oxygen atoms in total. The van der Waals surface area contributed by atoms with Crippen molar-refractivity contribution < 1.29 is 19.2 Å². The minimum Gasteiger partial charge on any atom is -0.456 e. The molecule has 2 heterocycles. The molecule has 4 rings (SSSR count). The van der Waals surface area contributed by atoms with Gasteiger partial charge in [0, 0.05) is 48.9 Å². The van der Waals surface area contributed by atoms with Crippen LogP contribution >= 0.6 is 0 Å². The molecule has 37 heavy (non-hydrogen) atoms. The molecular weight excluding hydrogens is 472 g/mol.